The van der Waals surface area contributed by atoms with Crippen molar-refractivity contribution >= 4 is 0 Å². The Balaban J connectivity index is 0. The Bertz CT molecular complexity index is 11.6. The summed E-state index contributed by atoms with van der Waals surface area (Å²) in [6.45, 7) is 0. The molecule has 0 unspecified atom stereocenters. The van der Waals surface area contributed by atoms with E-state index in [9.17, 15) is 0 Å². The van der Waals surface area contributed by atoms with Crippen molar-refractivity contribution in [2.45, 2.75) is 0 Å². The summed E-state index contributed by atoms with van der Waals surface area (Å²) in [4.78, 5) is 0. The van der Waals surface area contributed by atoms with Gasteiger partial charge >= 0.3 is 0 Å². The summed E-state index contributed by atoms with van der Waals surface area (Å²) < 4.78 is 0. The first-order valence-electron chi connectivity index (χ1n) is 0. The third-order valence-electron chi connectivity index (χ3n) is 0. The smallest absolute Gasteiger partial charge is 0 e. The molecular weight excluding hydrogens is 653 g/mol. The summed E-state index contributed by atoms with van der Waals surface area (Å²) in [6.07, 6.45) is 0. The van der Waals surface area contributed by atoms with Gasteiger partial charge in [0.25, 0.3) is 0 Å². The molecule has 0 saturated carbocycles. The minimum absolute atomic E-state index is 0. The second-order valence-electron chi connectivity index (χ2n) is 0. The fraction of sp³-hybridized carbons (Fsp3) is 0. The molecule has 0 amide bonds. The number of rotatable bonds is 0. The third kappa shape index (κ3) is 17.9. The zero-order valence-electron chi connectivity index (χ0n) is 2.73. The largest absolute Gasteiger partial charge is 0 e. The molecule has 0 spiro atoms. The second-order valence-corrected chi connectivity index (χ2v) is 0. The molecule has 0 heterocycles. The van der Waals surface area contributed by atoms with Gasteiger partial charge in [0.05, 0.1) is 0 Å². The summed E-state index contributed by atoms with van der Waals surface area (Å²) in [6, 6.07) is 0. The zero-order valence-corrected chi connectivity index (χ0v) is 19.2. The summed E-state index contributed by atoms with van der Waals surface area (Å²) in [5.41, 5.74) is 0. The average Bonchev–Trinajstić information content (AvgIpc) is 0. The van der Waals surface area contributed by atoms with Crippen LogP contribution in [0.3, 0.4) is 0 Å². The van der Waals surface area contributed by atoms with E-state index < -0.39 is 0 Å². The first-order valence-corrected chi connectivity index (χ1v) is 0. The molecule has 0 rings (SSSR count). The van der Waals surface area contributed by atoms with Gasteiger partial charge in [-0.05, 0) is 0 Å². The molecule has 0 aromatic heterocycles. The van der Waals surface area contributed by atoms with Crippen LogP contribution >= 0.6 is 0 Å². The molecular formula is CeLaNdPrY. The first kappa shape index (κ1) is 30.1. The van der Waals surface area contributed by atoms with Crippen LogP contribution in [-0.4, -0.2) is 0 Å². The van der Waals surface area contributed by atoms with E-state index in [-0.39, 0.29) is 192 Å². The Morgan fingerprint density at radius 3 is 1.00 bits per heavy atom. The van der Waals surface area contributed by atoms with Crippen LogP contribution in [0.15, 0.2) is 0 Å². The van der Waals surface area contributed by atoms with E-state index >= 15 is 0 Å². The first-order chi connectivity index (χ1) is 0. The van der Waals surface area contributed by atoms with Crippen LogP contribution < -0.4 is 0 Å². The van der Waals surface area contributed by atoms with Crippen LogP contribution in [0.25, 0.3) is 0 Å². The van der Waals surface area contributed by atoms with E-state index in [1.54, 1.807) is 0 Å². The Hall–Kier alpha value is 6.39. The number of hydrogen-bond donors (Lipinski definition) is 0. The van der Waals surface area contributed by atoms with Crippen LogP contribution in [0, 0.1) is 159 Å². The maximum atomic E-state index is 0. The van der Waals surface area contributed by atoms with Crippen molar-refractivity contribution in [2.24, 2.45) is 0 Å². The van der Waals surface area contributed by atoms with E-state index in [2.05, 4.69) is 0 Å². The van der Waals surface area contributed by atoms with Crippen LogP contribution in [0.1, 0.15) is 0 Å². The third-order valence-corrected chi connectivity index (χ3v) is 0. The second kappa shape index (κ2) is 22.4. The SMILES string of the molecule is [Ce].[La].[Nd].[Pr].[Y]. The van der Waals surface area contributed by atoms with E-state index in [1.807, 2.05) is 0 Å². The van der Waals surface area contributed by atoms with Gasteiger partial charge in [-0.2, -0.15) is 0 Å². The summed E-state index contributed by atoms with van der Waals surface area (Å²) in [5.74, 6) is 0. The Morgan fingerprint density at radius 2 is 1.00 bits per heavy atom. The predicted octanol–water partition coefficient (Wildman–Crippen LogP) is -0.00250. The van der Waals surface area contributed by atoms with Gasteiger partial charge in [-0.3, -0.25) is 0 Å². The van der Waals surface area contributed by atoms with Crippen molar-refractivity contribution in [2.75, 3.05) is 0 Å². The van der Waals surface area contributed by atoms with Gasteiger partial charge in [-0.15, -0.1) is 0 Å². The van der Waals surface area contributed by atoms with Crippen molar-refractivity contribution in [1.29, 1.82) is 0 Å². The van der Waals surface area contributed by atoms with Crippen LogP contribution in [0.2, 0.25) is 0 Å². The van der Waals surface area contributed by atoms with Crippen molar-refractivity contribution in [1.82, 2.24) is 0 Å². The van der Waals surface area contributed by atoms with Crippen molar-refractivity contribution < 1.29 is 192 Å². The standard InChI is InChI=1S/Ce.La.Nd.Pr.Y. The normalized spacial score (nSPS) is 0. The monoisotopic (exact) mass is 651 g/mol. The molecule has 0 aliphatic carbocycles. The minimum atomic E-state index is 0. The predicted molar refractivity (Wildman–Crippen MR) is 0 cm³/mol. The molecule has 17 valence electrons. The molecule has 0 nitrogen and oxygen atoms in total. The van der Waals surface area contributed by atoms with Crippen LogP contribution in [-0.2, 0) is 32.7 Å². The van der Waals surface area contributed by atoms with E-state index in [0.717, 1.165) is 0 Å². The van der Waals surface area contributed by atoms with Gasteiger partial charge in [0.2, 0.25) is 0 Å². The molecule has 5 heavy (non-hydrogen) atoms. The number of hydrogen-bond acceptors (Lipinski definition) is 0. The topological polar surface area (TPSA) is 0 Å². The molecule has 0 aliphatic heterocycles. The van der Waals surface area contributed by atoms with Gasteiger partial charge in [0.1, 0.15) is 0 Å². The van der Waals surface area contributed by atoms with Gasteiger partial charge in [0, 0.05) is 192 Å². The van der Waals surface area contributed by atoms with Crippen LogP contribution in [0.5, 0.6) is 0 Å². The fourth-order valence-electron chi connectivity index (χ4n) is 0. The molecule has 5 heteroatoms. The van der Waals surface area contributed by atoms with Crippen molar-refractivity contribution in [3.63, 3.8) is 0 Å². The van der Waals surface area contributed by atoms with Gasteiger partial charge < -0.3 is 0 Å². The molecule has 0 bridgehead atoms. The Morgan fingerprint density at radius 1 is 1.00 bits per heavy atom. The van der Waals surface area contributed by atoms with Gasteiger partial charge in [-0.25, -0.2) is 0 Å². The van der Waals surface area contributed by atoms with Crippen molar-refractivity contribution in [3.05, 3.63) is 0 Å². The van der Waals surface area contributed by atoms with E-state index in [1.165, 1.54) is 0 Å². The van der Waals surface area contributed by atoms with E-state index in [4.69, 9.17) is 0 Å². The maximum absolute atomic E-state index is 0. The Kier molecular flexibility index (Phi) is 135. The molecule has 0 saturated heterocycles. The molecule has 0 fully saturated rings. The molecule has 3 radical (unpaired) electrons. The van der Waals surface area contributed by atoms with Crippen LogP contribution in [0.4, 0.5) is 0 Å². The van der Waals surface area contributed by atoms with Gasteiger partial charge in [-0.1, -0.05) is 0 Å². The maximum Gasteiger partial charge on any atom is 0 e. The average molecular weight is 653 g/mol. The summed E-state index contributed by atoms with van der Waals surface area (Å²) >= 11 is 0. The van der Waals surface area contributed by atoms with Crippen molar-refractivity contribution in [3.8, 4) is 0 Å². The summed E-state index contributed by atoms with van der Waals surface area (Å²) in [5, 5.41) is 0. The van der Waals surface area contributed by atoms with E-state index in [0.29, 0.717) is 0 Å². The molecule has 0 aliphatic rings. The zero-order chi connectivity index (χ0) is 0. The summed E-state index contributed by atoms with van der Waals surface area (Å²) in [7, 11) is 0. The fourth-order valence-corrected chi connectivity index (χ4v) is 0. The van der Waals surface area contributed by atoms with Gasteiger partial charge in [0.15, 0.2) is 0 Å². The molecule has 0 atom stereocenters. The molecule has 0 aromatic rings. The molecule has 0 N–H and O–H groups in total. The minimum Gasteiger partial charge on any atom is 0 e. The Labute approximate surface area is 185 Å². The molecule has 0 aromatic carbocycles. The quantitative estimate of drug-likeness (QED) is 0.346.